The van der Waals surface area contributed by atoms with Gasteiger partial charge in [0.15, 0.2) is 5.17 Å². The second kappa shape index (κ2) is 5.64. The molecule has 0 spiro atoms. The van der Waals surface area contributed by atoms with Crippen LogP contribution in [0.25, 0.3) is 6.08 Å². The predicted octanol–water partition coefficient (Wildman–Crippen LogP) is 3.95. The van der Waals surface area contributed by atoms with Crippen molar-refractivity contribution < 1.29 is 4.79 Å². The zero-order valence-corrected chi connectivity index (χ0v) is 12.4. The molecule has 2 heterocycles. The van der Waals surface area contributed by atoms with E-state index in [4.69, 9.17) is 0 Å². The highest BCUT2D eigenvalue weighted by Gasteiger charge is 2.23. The smallest absolute Gasteiger partial charge is 0.264 e. The Morgan fingerprint density at radius 1 is 1.25 bits per heavy atom. The highest BCUT2D eigenvalue weighted by atomic mass is 32.2. The van der Waals surface area contributed by atoms with Crippen LogP contribution in [0.3, 0.4) is 0 Å². The lowest BCUT2D eigenvalue weighted by Gasteiger charge is -1.99. The van der Waals surface area contributed by atoms with Crippen molar-refractivity contribution in [1.82, 2.24) is 5.32 Å². The van der Waals surface area contributed by atoms with Gasteiger partial charge in [0.2, 0.25) is 0 Å². The van der Waals surface area contributed by atoms with Crippen LogP contribution in [0.1, 0.15) is 11.1 Å². The standard InChI is InChI=1S/C15H12N2OS2/c1-10-4-2-3-5-12(10)16-15-17-14(18)13(20-15)8-11-6-7-19-9-11/h2-9H,1H3,(H,16,17,18)/b13-8-. The van der Waals surface area contributed by atoms with Crippen molar-refractivity contribution in [2.45, 2.75) is 6.92 Å². The van der Waals surface area contributed by atoms with Crippen LogP contribution in [0.5, 0.6) is 0 Å². The number of hydrogen-bond donors (Lipinski definition) is 1. The molecule has 20 heavy (non-hydrogen) atoms. The molecular weight excluding hydrogens is 288 g/mol. The lowest BCUT2D eigenvalue weighted by Crippen LogP contribution is -2.19. The van der Waals surface area contributed by atoms with Crippen molar-refractivity contribution in [3.63, 3.8) is 0 Å². The highest BCUT2D eigenvalue weighted by Crippen LogP contribution is 2.29. The summed E-state index contributed by atoms with van der Waals surface area (Å²) in [7, 11) is 0. The van der Waals surface area contributed by atoms with Gasteiger partial charge in [0.1, 0.15) is 0 Å². The number of para-hydroxylation sites is 1. The van der Waals surface area contributed by atoms with Crippen molar-refractivity contribution >= 4 is 45.9 Å². The van der Waals surface area contributed by atoms with Gasteiger partial charge in [-0.2, -0.15) is 11.3 Å². The number of rotatable bonds is 2. The molecule has 100 valence electrons. The number of amides is 1. The fraction of sp³-hybridized carbons (Fsp3) is 0.0667. The number of hydrogen-bond acceptors (Lipinski definition) is 4. The lowest BCUT2D eigenvalue weighted by molar-refractivity contribution is -0.115. The summed E-state index contributed by atoms with van der Waals surface area (Å²) < 4.78 is 0. The average Bonchev–Trinajstić information content (AvgIpc) is 3.04. The molecule has 1 fully saturated rings. The maximum atomic E-state index is 11.9. The summed E-state index contributed by atoms with van der Waals surface area (Å²) in [6, 6.07) is 9.85. The summed E-state index contributed by atoms with van der Waals surface area (Å²) in [6.07, 6.45) is 1.89. The fourth-order valence-corrected chi connectivity index (χ4v) is 3.24. The Morgan fingerprint density at radius 3 is 2.85 bits per heavy atom. The summed E-state index contributed by atoms with van der Waals surface area (Å²) in [5.74, 6) is -0.0893. The Balaban J connectivity index is 1.85. The van der Waals surface area contributed by atoms with Crippen molar-refractivity contribution in [2.75, 3.05) is 0 Å². The number of thiophene rings is 1. The van der Waals surface area contributed by atoms with E-state index in [-0.39, 0.29) is 5.91 Å². The maximum Gasteiger partial charge on any atom is 0.264 e. The number of thioether (sulfide) groups is 1. The van der Waals surface area contributed by atoms with Crippen LogP contribution < -0.4 is 5.32 Å². The molecule has 3 rings (SSSR count). The number of nitrogens with one attached hydrogen (secondary N) is 1. The molecular formula is C15H12N2OS2. The van der Waals surface area contributed by atoms with Crippen LogP contribution in [0.4, 0.5) is 5.69 Å². The third-order valence-electron chi connectivity index (χ3n) is 2.83. The van der Waals surface area contributed by atoms with Crippen LogP contribution in [-0.2, 0) is 4.79 Å². The van der Waals surface area contributed by atoms with E-state index in [0.29, 0.717) is 10.1 Å². The third kappa shape index (κ3) is 2.84. The molecule has 0 radical (unpaired) electrons. The Kier molecular flexibility index (Phi) is 3.71. The minimum absolute atomic E-state index is 0.0893. The van der Waals surface area contributed by atoms with Gasteiger partial charge >= 0.3 is 0 Å². The molecule has 5 heteroatoms. The van der Waals surface area contributed by atoms with Gasteiger partial charge in [0.05, 0.1) is 10.6 Å². The van der Waals surface area contributed by atoms with Crippen LogP contribution in [0.15, 0.2) is 51.0 Å². The highest BCUT2D eigenvalue weighted by molar-refractivity contribution is 8.18. The number of nitrogens with zero attached hydrogens (tertiary/aromatic N) is 1. The van der Waals surface area contributed by atoms with Crippen molar-refractivity contribution in [3.05, 3.63) is 57.1 Å². The van der Waals surface area contributed by atoms with Crippen molar-refractivity contribution in [3.8, 4) is 0 Å². The molecule has 0 unspecified atom stereocenters. The zero-order valence-electron chi connectivity index (χ0n) is 10.8. The summed E-state index contributed by atoms with van der Waals surface area (Å²) in [5.41, 5.74) is 3.02. The number of carbonyl (C=O) groups is 1. The van der Waals surface area contributed by atoms with Crippen molar-refractivity contribution in [2.24, 2.45) is 4.99 Å². The molecule has 0 bridgehead atoms. The average molecular weight is 300 g/mol. The zero-order chi connectivity index (χ0) is 13.9. The number of aryl methyl sites for hydroxylation is 1. The Morgan fingerprint density at radius 2 is 2.10 bits per heavy atom. The van der Waals surface area contributed by atoms with Gasteiger partial charge in [-0.15, -0.1) is 0 Å². The first-order valence-electron chi connectivity index (χ1n) is 6.10. The summed E-state index contributed by atoms with van der Waals surface area (Å²) >= 11 is 2.99. The van der Waals surface area contributed by atoms with Crippen LogP contribution in [0, 0.1) is 6.92 Å². The van der Waals surface area contributed by atoms with E-state index in [1.54, 1.807) is 11.3 Å². The van der Waals surface area contributed by atoms with Crippen molar-refractivity contribution in [1.29, 1.82) is 0 Å². The molecule has 0 saturated carbocycles. The van der Waals surface area contributed by atoms with Gasteiger partial charge in [-0.05, 0) is 58.8 Å². The van der Waals surface area contributed by atoms with Gasteiger partial charge in [-0.3, -0.25) is 4.79 Å². The third-order valence-corrected chi connectivity index (χ3v) is 4.44. The normalized spacial score (nSPS) is 18.8. The Bertz CT molecular complexity index is 702. The molecule has 0 aliphatic carbocycles. The molecule has 1 aliphatic heterocycles. The van der Waals surface area contributed by atoms with Gasteiger partial charge in [0.25, 0.3) is 5.91 Å². The topological polar surface area (TPSA) is 41.5 Å². The molecule has 1 aliphatic rings. The number of carbonyl (C=O) groups excluding carboxylic acids is 1. The monoisotopic (exact) mass is 300 g/mol. The molecule has 2 aromatic rings. The quantitative estimate of drug-likeness (QED) is 0.853. The number of aliphatic imine (C=N–C) groups is 1. The van der Waals surface area contributed by atoms with Crippen LogP contribution in [0.2, 0.25) is 0 Å². The number of amidine groups is 1. The minimum atomic E-state index is -0.0893. The summed E-state index contributed by atoms with van der Waals surface area (Å²) in [4.78, 5) is 17.1. The molecule has 1 aromatic heterocycles. The molecule has 0 atom stereocenters. The van der Waals surface area contributed by atoms with E-state index < -0.39 is 0 Å². The first-order chi connectivity index (χ1) is 9.72. The van der Waals surface area contributed by atoms with E-state index in [9.17, 15) is 4.79 Å². The maximum absolute atomic E-state index is 11.9. The van der Waals surface area contributed by atoms with E-state index in [1.807, 2.05) is 54.1 Å². The lowest BCUT2D eigenvalue weighted by atomic mass is 10.2. The molecule has 1 saturated heterocycles. The summed E-state index contributed by atoms with van der Waals surface area (Å²) in [6.45, 7) is 2.00. The van der Waals surface area contributed by atoms with E-state index >= 15 is 0 Å². The SMILES string of the molecule is Cc1ccccc1N=C1NC(=O)/C(=C/c2ccsc2)S1. The van der Waals surface area contributed by atoms with Gasteiger partial charge in [-0.1, -0.05) is 18.2 Å². The molecule has 1 amide bonds. The first kappa shape index (κ1) is 13.1. The fourth-order valence-electron chi connectivity index (χ4n) is 1.79. The predicted molar refractivity (Wildman–Crippen MR) is 86.3 cm³/mol. The molecule has 1 N–H and O–H groups in total. The van der Waals surface area contributed by atoms with E-state index in [2.05, 4.69) is 10.3 Å². The van der Waals surface area contributed by atoms with E-state index in [0.717, 1.165) is 16.8 Å². The largest absolute Gasteiger partial charge is 0.300 e. The Labute approximate surface area is 125 Å². The van der Waals surface area contributed by atoms with Gasteiger partial charge in [0, 0.05) is 0 Å². The Hall–Kier alpha value is -1.85. The second-order valence-corrected chi connectivity index (χ2v) is 6.14. The van der Waals surface area contributed by atoms with Gasteiger partial charge in [-0.25, -0.2) is 4.99 Å². The second-order valence-electron chi connectivity index (χ2n) is 4.32. The minimum Gasteiger partial charge on any atom is -0.300 e. The number of benzene rings is 1. The first-order valence-corrected chi connectivity index (χ1v) is 7.86. The molecule has 1 aromatic carbocycles. The van der Waals surface area contributed by atoms with Crippen LogP contribution >= 0.6 is 23.1 Å². The van der Waals surface area contributed by atoms with E-state index in [1.165, 1.54) is 11.8 Å². The van der Waals surface area contributed by atoms with Crippen LogP contribution in [-0.4, -0.2) is 11.1 Å². The molecule has 3 nitrogen and oxygen atoms in total. The summed E-state index contributed by atoms with van der Waals surface area (Å²) in [5, 5.41) is 7.44. The van der Waals surface area contributed by atoms with Gasteiger partial charge < -0.3 is 5.32 Å².